The van der Waals surface area contributed by atoms with Crippen molar-refractivity contribution < 1.29 is 9.53 Å². The van der Waals surface area contributed by atoms with Crippen molar-refractivity contribution in [2.45, 2.75) is 40.3 Å². The van der Waals surface area contributed by atoms with Crippen molar-refractivity contribution >= 4 is 34.9 Å². The zero-order chi connectivity index (χ0) is 14.4. The summed E-state index contributed by atoms with van der Waals surface area (Å²) in [5.74, 6) is -0.276. The Morgan fingerprint density at radius 3 is 2.60 bits per heavy atom. The molecule has 1 unspecified atom stereocenters. The van der Waals surface area contributed by atoms with Crippen LogP contribution >= 0.6 is 23.2 Å². The average molecular weight is 321 g/mol. The molecule has 114 valence electrons. The van der Waals surface area contributed by atoms with Gasteiger partial charge < -0.3 is 15.8 Å². The quantitative estimate of drug-likeness (QED) is 0.620. The molecule has 0 saturated heterocycles. The monoisotopic (exact) mass is 320 g/mol. The lowest BCUT2D eigenvalue weighted by atomic mass is 10.1. The Hall–Kier alpha value is -0.970. The van der Waals surface area contributed by atoms with Crippen molar-refractivity contribution in [1.29, 1.82) is 0 Å². The highest BCUT2D eigenvalue weighted by atomic mass is 35.5. The Kier molecular flexibility index (Phi) is 8.62. The SMILES string of the molecule is C.CCOC(=O)C(CC)NCc1c(N)ccc(Cl)c1Cl. The number of hydrogen-bond acceptors (Lipinski definition) is 4. The van der Waals surface area contributed by atoms with E-state index in [0.29, 0.717) is 40.9 Å². The van der Waals surface area contributed by atoms with E-state index in [-0.39, 0.29) is 19.4 Å². The normalized spacial score (nSPS) is 11.6. The van der Waals surface area contributed by atoms with Gasteiger partial charge in [0.1, 0.15) is 6.04 Å². The summed E-state index contributed by atoms with van der Waals surface area (Å²) in [5.41, 5.74) is 7.09. The summed E-state index contributed by atoms with van der Waals surface area (Å²) in [6, 6.07) is 2.96. The number of rotatable bonds is 6. The minimum Gasteiger partial charge on any atom is -0.465 e. The first-order chi connectivity index (χ1) is 9.01. The Morgan fingerprint density at radius 2 is 2.05 bits per heavy atom. The van der Waals surface area contributed by atoms with Gasteiger partial charge in [0.2, 0.25) is 0 Å². The minimum absolute atomic E-state index is 0. The molecule has 1 aromatic rings. The number of carbonyl (C=O) groups excluding carboxylic acids is 1. The smallest absolute Gasteiger partial charge is 0.323 e. The van der Waals surface area contributed by atoms with Crippen LogP contribution in [0, 0.1) is 0 Å². The van der Waals surface area contributed by atoms with Gasteiger partial charge in [-0.25, -0.2) is 0 Å². The van der Waals surface area contributed by atoms with Crippen molar-refractivity contribution in [3.8, 4) is 0 Å². The second kappa shape index (κ2) is 9.06. The van der Waals surface area contributed by atoms with Gasteiger partial charge in [0.25, 0.3) is 0 Å². The number of esters is 1. The molecule has 0 amide bonds. The fourth-order valence-corrected chi connectivity index (χ4v) is 2.07. The van der Waals surface area contributed by atoms with Crippen LogP contribution < -0.4 is 11.1 Å². The predicted octanol–water partition coefficient (Wildman–Crippen LogP) is 3.64. The van der Waals surface area contributed by atoms with Gasteiger partial charge in [-0.3, -0.25) is 4.79 Å². The van der Waals surface area contributed by atoms with Crippen LogP contribution in [0.15, 0.2) is 12.1 Å². The largest absolute Gasteiger partial charge is 0.465 e. The Balaban J connectivity index is 0.00000361. The highest BCUT2D eigenvalue weighted by molar-refractivity contribution is 6.42. The number of nitrogens with one attached hydrogen (secondary N) is 1. The van der Waals surface area contributed by atoms with E-state index in [2.05, 4.69) is 5.32 Å². The highest BCUT2D eigenvalue weighted by Crippen LogP contribution is 2.30. The summed E-state index contributed by atoms with van der Waals surface area (Å²) >= 11 is 12.0. The molecule has 0 radical (unpaired) electrons. The summed E-state index contributed by atoms with van der Waals surface area (Å²) < 4.78 is 4.98. The highest BCUT2D eigenvalue weighted by Gasteiger charge is 2.18. The lowest BCUT2D eigenvalue weighted by Crippen LogP contribution is -2.37. The van der Waals surface area contributed by atoms with Gasteiger partial charge in [0, 0.05) is 17.8 Å². The molecule has 1 aromatic carbocycles. The average Bonchev–Trinajstić information content (AvgIpc) is 2.38. The fourth-order valence-electron chi connectivity index (χ4n) is 1.65. The van der Waals surface area contributed by atoms with Crippen LogP contribution in [0.25, 0.3) is 0 Å². The third-order valence-electron chi connectivity index (χ3n) is 2.74. The Bertz CT molecular complexity index is 453. The molecule has 0 aromatic heterocycles. The van der Waals surface area contributed by atoms with Crippen LogP contribution in [0.4, 0.5) is 5.69 Å². The molecule has 0 bridgehead atoms. The lowest BCUT2D eigenvalue weighted by molar-refractivity contribution is -0.145. The molecule has 3 N–H and O–H groups in total. The van der Waals surface area contributed by atoms with Gasteiger partial charge in [-0.1, -0.05) is 37.6 Å². The molecule has 0 aliphatic carbocycles. The summed E-state index contributed by atoms with van der Waals surface area (Å²) in [4.78, 5) is 11.7. The first-order valence-electron chi connectivity index (χ1n) is 6.13. The van der Waals surface area contributed by atoms with Gasteiger partial charge in [0.05, 0.1) is 16.7 Å². The molecule has 0 spiro atoms. The van der Waals surface area contributed by atoms with Crippen LogP contribution in [-0.2, 0) is 16.1 Å². The van der Waals surface area contributed by atoms with E-state index in [1.807, 2.05) is 6.92 Å². The fraction of sp³-hybridized carbons (Fsp3) is 0.500. The molecule has 4 nitrogen and oxygen atoms in total. The number of nitrogens with two attached hydrogens (primary N) is 1. The van der Waals surface area contributed by atoms with Gasteiger partial charge in [0.15, 0.2) is 0 Å². The van der Waals surface area contributed by atoms with Crippen LogP contribution in [-0.4, -0.2) is 18.6 Å². The number of nitrogen functional groups attached to an aromatic ring is 1. The van der Waals surface area contributed by atoms with E-state index < -0.39 is 0 Å². The first kappa shape index (κ1) is 19.0. The van der Waals surface area contributed by atoms with Gasteiger partial charge >= 0.3 is 5.97 Å². The molecule has 20 heavy (non-hydrogen) atoms. The maximum atomic E-state index is 11.7. The Labute approximate surface area is 130 Å². The molecular weight excluding hydrogens is 299 g/mol. The number of halogens is 2. The van der Waals surface area contributed by atoms with E-state index in [4.69, 9.17) is 33.7 Å². The number of ether oxygens (including phenoxy) is 1. The molecule has 1 atom stereocenters. The van der Waals surface area contributed by atoms with E-state index in [9.17, 15) is 4.79 Å². The summed E-state index contributed by atoms with van der Waals surface area (Å²) in [6.45, 7) is 4.40. The van der Waals surface area contributed by atoms with Crippen LogP contribution in [0.1, 0.15) is 33.3 Å². The van der Waals surface area contributed by atoms with Crippen LogP contribution in [0.2, 0.25) is 10.0 Å². The number of carbonyl (C=O) groups is 1. The van der Waals surface area contributed by atoms with E-state index in [1.165, 1.54) is 0 Å². The number of benzene rings is 1. The Morgan fingerprint density at radius 1 is 1.40 bits per heavy atom. The summed E-state index contributed by atoms with van der Waals surface area (Å²) in [6.07, 6.45) is 0.622. The van der Waals surface area contributed by atoms with Crippen molar-refractivity contribution in [2.75, 3.05) is 12.3 Å². The van der Waals surface area contributed by atoms with Gasteiger partial charge in [-0.2, -0.15) is 0 Å². The van der Waals surface area contributed by atoms with Crippen molar-refractivity contribution in [1.82, 2.24) is 5.32 Å². The molecule has 1 rings (SSSR count). The van der Waals surface area contributed by atoms with Gasteiger partial charge in [-0.15, -0.1) is 0 Å². The van der Waals surface area contributed by atoms with E-state index >= 15 is 0 Å². The molecule has 0 aliphatic rings. The zero-order valence-electron chi connectivity index (χ0n) is 11.0. The third kappa shape index (κ3) is 4.85. The molecule has 6 heteroatoms. The number of anilines is 1. The van der Waals surface area contributed by atoms with Crippen LogP contribution in [0.5, 0.6) is 0 Å². The summed E-state index contributed by atoms with van der Waals surface area (Å²) in [5, 5.41) is 3.93. The topological polar surface area (TPSA) is 64.3 Å². The molecule has 0 saturated carbocycles. The van der Waals surface area contributed by atoms with Crippen molar-refractivity contribution in [2.24, 2.45) is 0 Å². The van der Waals surface area contributed by atoms with Crippen LogP contribution in [0.3, 0.4) is 0 Å². The molecular formula is C14H22Cl2N2O2. The number of hydrogen-bond donors (Lipinski definition) is 2. The maximum Gasteiger partial charge on any atom is 0.323 e. The molecule has 0 heterocycles. The molecule has 0 fully saturated rings. The second-order valence-electron chi connectivity index (χ2n) is 4.02. The van der Waals surface area contributed by atoms with Gasteiger partial charge in [-0.05, 0) is 25.5 Å². The maximum absolute atomic E-state index is 11.7. The minimum atomic E-state index is -0.380. The second-order valence-corrected chi connectivity index (χ2v) is 4.81. The van der Waals surface area contributed by atoms with Crippen molar-refractivity contribution in [3.05, 3.63) is 27.7 Å². The van der Waals surface area contributed by atoms with E-state index in [1.54, 1.807) is 19.1 Å². The predicted molar refractivity (Wildman–Crippen MR) is 85.2 cm³/mol. The first-order valence-corrected chi connectivity index (χ1v) is 6.89. The summed E-state index contributed by atoms with van der Waals surface area (Å²) in [7, 11) is 0. The lowest BCUT2D eigenvalue weighted by Gasteiger charge is -2.17. The third-order valence-corrected chi connectivity index (χ3v) is 3.58. The molecule has 0 aliphatic heterocycles. The van der Waals surface area contributed by atoms with Crippen molar-refractivity contribution in [3.63, 3.8) is 0 Å². The van der Waals surface area contributed by atoms with E-state index in [0.717, 1.165) is 0 Å². The zero-order valence-corrected chi connectivity index (χ0v) is 12.5. The standard InChI is InChI=1S/C13H18Cl2N2O2.CH4/c1-3-11(13(18)19-4-2)17-7-8-10(16)6-5-9(14)12(8)15;/h5-6,11,17H,3-4,7,16H2,1-2H3;1H4.